The molecule has 0 spiro atoms. The van der Waals surface area contributed by atoms with Crippen LogP contribution < -0.4 is 4.72 Å². The predicted molar refractivity (Wildman–Crippen MR) is 119 cm³/mol. The van der Waals surface area contributed by atoms with Crippen LogP contribution in [0.15, 0.2) is 76.0 Å². The van der Waals surface area contributed by atoms with Crippen molar-refractivity contribution in [2.24, 2.45) is 5.10 Å². The highest BCUT2D eigenvalue weighted by Gasteiger charge is 2.38. The van der Waals surface area contributed by atoms with Gasteiger partial charge in [0.15, 0.2) is 0 Å². The maximum absolute atomic E-state index is 13.3. The number of para-hydroxylation sites is 1. The van der Waals surface area contributed by atoms with Gasteiger partial charge in [-0.25, -0.2) is 12.8 Å². The summed E-state index contributed by atoms with van der Waals surface area (Å²) in [7, 11) is -7.62. The average Bonchev–Trinajstić information content (AvgIpc) is 3.37. The standard InChI is InChI=1S/C20H18FN3O4S3/c1-30(25,26)23-17-6-3-2-5-16(17)18-13-19(20-7-4-12-29-20)24(22-18)31(27,28)15-10-8-14(21)9-11-15/h2-12,19,23H,13H2,1H3/t19-/m1/s1. The van der Waals surface area contributed by atoms with Gasteiger partial charge in [-0.2, -0.15) is 17.9 Å². The highest BCUT2D eigenvalue weighted by molar-refractivity contribution is 7.92. The summed E-state index contributed by atoms with van der Waals surface area (Å²) in [6.07, 6.45) is 1.30. The van der Waals surface area contributed by atoms with Crippen molar-refractivity contribution in [1.82, 2.24) is 4.41 Å². The zero-order chi connectivity index (χ0) is 22.2. The molecule has 0 unspecified atom stereocenters. The second-order valence-electron chi connectivity index (χ2n) is 6.93. The Labute approximate surface area is 184 Å². The van der Waals surface area contributed by atoms with Crippen molar-refractivity contribution in [3.8, 4) is 0 Å². The number of thiophene rings is 1. The second kappa shape index (κ2) is 8.06. The molecule has 2 heterocycles. The van der Waals surface area contributed by atoms with E-state index in [-0.39, 0.29) is 11.3 Å². The molecule has 0 radical (unpaired) electrons. The third-order valence-corrected chi connectivity index (χ3v) is 7.90. The lowest BCUT2D eigenvalue weighted by Crippen LogP contribution is -2.26. The zero-order valence-corrected chi connectivity index (χ0v) is 18.7. The molecule has 162 valence electrons. The smallest absolute Gasteiger partial charge is 0.279 e. The Bertz CT molecular complexity index is 1340. The molecular weight excluding hydrogens is 461 g/mol. The van der Waals surface area contributed by atoms with E-state index >= 15 is 0 Å². The number of nitrogens with zero attached hydrogens (tertiary/aromatic N) is 2. The van der Waals surface area contributed by atoms with Crippen molar-refractivity contribution in [3.05, 3.63) is 82.3 Å². The van der Waals surface area contributed by atoms with Gasteiger partial charge in [0.05, 0.1) is 22.6 Å². The summed E-state index contributed by atoms with van der Waals surface area (Å²) in [6.45, 7) is 0. The fourth-order valence-corrected chi connectivity index (χ4v) is 6.19. The van der Waals surface area contributed by atoms with E-state index in [0.29, 0.717) is 17.0 Å². The number of benzene rings is 2. The van der Waals surface area contributed by atoms with Crippen LogP contribution in [-0.4, -0.2) is 33.2 Å². The number of hydrogen-bond acceptors (Lipinski definition) is 6. The van der Waals surface area contributed by atoms with Crippen LogP contribution in [0.5, 0.6) is 0 Å². The lowest BCUT2D eigenvalue weighted by Gasteiger charge is -2.22. The van der Waals surface area contributed by atoms with Crippen molar-refractivity contribution in [2.45, 2.75) is 17.4 Å². The van der Waals surface area contributed by atoms with E-state index in [4.69, 9.17) is 0 Å². The monoisotopic (exact) mass is 479 g/mol. The molecule has 11 heteroatoms. The number of hydrogen-bond donors (Lipinski definition) is 1. The molecule has 1 aromatic heterocycles. The summed E-state index contributed by atoms with van der Waals surface area (Å²) in [4.78, 5) is 0.709. The molecule has 0 fully saturated rings. The van der Waals surface area contributed by atoms with E-state index in [9.17, 15) is 21.2 Å². The number of rotatable bonds is 6. The van der Waals surface area contributed by atoms with Crippen molar-refractivity contribution < 1.29 is 21.2 Å². The largest absolute Gasteiger partial charge is 0.283 e. The van der Waals surface area contributed by atoms with Crippen molar-refractivity contribution >= 4 is 42.8 Å². The van der Waals surface area contributed by atoms with Crippen LogP contribution in [0.4, 0.5) is 10.1 Å². The molecular formula is C20H18FN3O4S3. The summed E-state index contributed by atoms with van der Waals surface area (Å²) in [5.41, 5.74) is 1.23. The van der Waals surface area contributed by atoms with Crippen LogP contribution in [-0.2, 0) is 20.0 Å². The molecule has 0 aliphatic carbocycles. The molecule has 2 aromatic carbocycles. The van der Waals surface area contributed by atoms with Gasteiger partial charge < -0.3 is 0 Å². The zero-order valence-electron chi connectivity index (χ0n) is 16.3. The van der Waals surface area contributed by atoms with E-state index < -0.39 is 31.9 Å². The van der Waals surface area contributed by atoms with Crippen LogP contribution in [0.1, 0.15) is 22.9 Å². The lowest BCUT2D eigenvalue weighted by molar-refractivity contribution is 0.375. The van der Waals surface area contributed by atoms with Gasteiger partial charge in [0.1, 0.15) is 11.9 Å². The Morgan fingerprint density at radius 1 is 1.03 bits per heavy atom. The maximum atomic E-state index is 13.3. The number of sulfonamides is 2. The van der Waals surface area contributed by atoms with Gasteiger partial charge in [0.25, 0.3) is 10.0 Å². The molecule has 31 heavy (non-hydrogen) atoms. The minimum Gasteiger partial charge on any atom is -0.283 e. The van der Waals surface area contributed by atoms with Gasteiger partial charge >= 0.3 is 0 Å². The lowest BCUT2D eigenvalue weighted by atomic mass is 10.0. The summed E-state index contributed by atoms with van der Waals surface area (Å²) in [5, 5.41) is 6.24. The Kier molecular flexibility index (Phi) is 5.58. The Balaban J connectivity index is 1.81. The maximum Gasteiger partial charge on any atom is 0.279 e. The predicted octanol–water partition coefficient (Wildman–Crippen LogP) is 3.80. The highest BCUT2D eigenvalue weighted by atomic mass is 32.2. The molecule has 0 bridgehead atoms. The molecule has 3 aromatic rings. The van der Waals surface area contributed by atoms with Crippen LogP contribution in [0, 0.1) is 5.82 Å². The Morgan fingerprint density at radius 3 is 2.39 bits per heavy atom. The molecule has 4 rings (SSSR count). The molecule has 0 saturated heterocycles. The first-order valence-corrected chi connectivity index (χ1v) is 13.3. The number of halogens is 1. The molecule has 1 aliphatic heterocycles. The first-order chi connectivity index (χ1) is 14.6. The SMILES string of the molecule is CS(=O)(=O)Nc1ccccc1C1=NN(S(=O)(=O)c2ccc(F)cc2)[C@@H](c2cccs2)C1. The number of nitrogens with one attached hydrogen (secondary N) is 1. The van der Waals surface area contributed by atoms with Crippen LogP contribution in [0.2, 0.25) is 0 Å². The van der Waals surface area contributed by atoms with Gasteiger partial charge in [-0.15, -0.1) is 11.3 Å². The number of anilines is 1. The molecule has 0 saturated carbocycles. The van der Waals surface area contributed by atoms with Gasteiger partial charge in [-0.05, 0) is 41.8 Å². The Hall–Kier alpha value is -2.76. The van der Waals surface area contributed by atoms with Crippen LogP contribution >= 0.6 is 11.3 Å². The molecule has 7 nitrogen and oxygen atoms in total. The van der Waals surface area contributed by atoms with Crippen molar-refractivity contribution in [3.63, 3.8) is 0 Å². The van der Waals surface area contributed by atoms with E-state index in [1.54, 1.807) is 24.3 Å². The fraction of sp³-hybridized carbons (Fsp3) is 0.150. The molecule has 1 aliphatic rings. The van der Waals surface area contributed by atoms with Gasteiger partial charge in [0.2, 0.25) is 10.0 Å². The van der Waals surface area contributed by atoms with E-state index in [1.165, 1.54) is 23.5 Å². The minimum atomic E-state index is -4.07. The highest BCUT2D eigenvalue weighted by Crippen LogP contribution is 2.39. The summed E-state index contributed by atoms with van der Waals surface area (Å²) in [5.74, 6) is -0.542. The van der Waals surface area contributed by atoms with Crippen LogP contribution in [0.25, 0.3) is 0 Å². The van der Waals surface area contributed by atoms with Gasteiger partial charge in [-0.1, -0.05) is 24.3 Å². The summed E-state index contributed by atoms with van der Waals surface area (Å²) < 4.78 is 67.0. The molecule has 1 atom stereocenters. The first-order valence-electron chi connectivity index (χ1n) is 9.13. The Morgan fingerprint density at radius 2 is 1.74 bits per heavy atom. The van der Waals surface area contributed by atoms with Crippen LogP contribution in [0.3, 0.4) is 0 Å². The third kappa shape index (κ3) is 4.48. The van der Waals surface area contributed by atoms with Gasteiger partial charge in [0, 0.05) is 16.9 Å². The fourth-order valence-electron chi connectivity index (χ4n) is 3.30. The van der Waals surface area contributed by atoms with Gasteiger partial charge in [-0.3, -0.25) is 4.72 Å². The summed E-state index contributed by atoms with van der Waals surface area (Å²) >= 11 is 1.40. The topological polar surface area (TPSA) is 95.9 Å². The van der Waals surface area contributed by atoms with Crippen molar-refractivity contribution in [2.75, 3.05) is 11.0 Å². The quantitative estimate of drug-likeness (QED) is 0.582. The molecule has 1 N–H and O–H groups in total. The van der Waals surface area contributed by atoms with E-state index in [0.717, 1.165) is 27.7 Å². The van der Waals surface area contributed by atoms with Crippen molar-refractivity contribution in [1.29, 1.82) is 0 Å². The normalized spacial score (nSPS) is 16.9. The second-order valence-corrected chi connectivity index (χ2v) is 11.5. The average molecular weight is 480 g/mol. The third-order valence-electron chi connectivity index (χ3n) is 4.64. The van der Waals surface area contributed by atoms with E-state index in [2.05, 4.69) is 9.82 Å². The number of hydrazone groups is 1. The van der Waals surface area contributed by atoms with E-state index in [1.807, 2.05) is 17.5 Å². The first kappa shape index (κ1) is 21.5. The molecule has 0 amide bonds. The minimum absolute atomic E-state index is 0.0806. The summed E-state index contributed by atoms with van der Waals surface area (Å²) in [6, 6.07) is 14.3.